The number of aromatic amines is 1. The second kappa shape index (κ2) is 9.08. The van der Waals surface area contributed by atoms with Gasteiger partial charge >= 0.3 is 0 Å². The number of aryl methyl sites for hydroxylation is 2. The summed E-state index contributed by atoms with van der Waals surface area (Å²) in [6, 6.07) is 10.5. The van der Waals surface area contributed by atoms with E-state index in [0.29, 0.717) is 13.0 Å². The lowest BCUT2D eigenvalue weighted by molar-refractivity contribution is -0.127. The van der Waals surface area contributed by atoms with E-state index in [1.54, 1.807) is 7.11 Å². The number of H-pyrrole nitrogens is 1. The fourth-order valence-corrected chi connectivity index (χ4v) is 5.21. The highest BCUT2D eigenvalue weighted by Gasteiger charge is 2.31. The van der Waals surface area contributed by atoms with Crippen LogP contribution in [0.3, 0.4) is 0 Å². The second-order valence-corrected chi connectivity index (χ2v) is 9.65. The summed E-state index contributed by atoms with van der Waals surface area (Å²) < 4.78 is 11.9. The van der Waals surface area contributed by atoms with Crippen LogP contribution in [0.2, 0.25) is 0 Å². The first-order chi connectivity index (χ1) is 16.0. The van der Waals surface area contributed by atoms with E-state index in [2.05, 4.69) is 48.4 Å². The maximum atomic E-state index is 12.7. The number of imidazole rings is 1. The van der Waals surface area contributed by atoms with E-state index in [1.165, 1.54) is 29.5 Å². The van der Waals surface area contributed by atoms with Crippen LogP contribution in [0, 0.1) is 19.8 Å². The first-order valence-corrected chi connectivity index (χ1v) is 12.1. The lowest BCUT2D eigenvalue weighted by atomic mass is 9.83. The van der Waals surface area contributed by atoms with Crippen LogP contribution in [0.1, 0.15) is 60.5 Å². The van der Waals surface area contributed by atoms with Gasteiger partial charge in [-0.2, -0.15) is 0 Å². The van der Waals surface area contributed by atoms with Gasteiger partial charge in [0.25, 0.3) is 0 Å². The van der Waals surface area contributed by atoms with Crippen molar-refractivity contribution in [1.82, 2.24) is 15.3 Å². The van der Waals surface area contributed by atoms with Gasteiger partial charge in [0.1, 0.15) is 5.82 Å². The Balaban J connectivity index is 1.34. The third kappa shape index (κ3) is 4.56. The molecule has 6 heteroatoms. The highest BCUT2D eigenvalue weighted by Crippen LogP contribution is 2.37. The number of ether oxygens (including phenoxy) is 2. The molecule has 174 valence electrons. The van der Waals surface area contributed by atoms with Gasteiger partial charge in [-0.3, -0.25) is 4.79 Å². The predicted molar refractivity (Wildman–Crippen MR) is 129 cm³/mol. The number of hydrogen-bond donors (Lipinski definition) is 2. The molecule has 1 saturated heterocycles. The number of benzene rings is 2. The van der Waals surface area contributed by atoms with Crippen LogP contribution < -0.4 is 14.8 Å². The van der Waals surface area contributed by atoms with Crippen molar-refractivity contribution in [3.05, 3.63) is 52.8 Å². The van der Waals surface area contributed by atoms with E-state index in [0.717, 1.165) is 47.6 Å². The molecule has 1 aromatic heterocycles. The quantitative estimate of drug-likeness (QED) is 0.559. The monoisotopic (exact) mass is 447 g/mol. The number of aromatic nitrogens is 2. The summed E-state index contributed by atoms with van der Waals surface area (Å²) >= 11 is 0. The zero-order valence-corrected chi connectivity index (χ0v) is 19.7. The zero-order valence-electron chi connectivity index (χ0n) is 19.7. The van der Waals surface area contributed by atoms with Gasteiger partial charge in [0, 0.05) is 24.8 Å². The van der Waals surface area contributed by atoms with Crippen LogP contribution in [-0.4, -0.2) is 35.6 Å². The largest absolute Gasteiger partial charge is 0.493 e. The fraction of sp³-hybridized carbons (Fsp3) is 0.481. The van der Waals surface area contributed by atoms with E-state index in [1.807, 2.05) is 6.07 Å². The molecule has 0 spiro atoms. The molecule has 1 amide bonds. The number of rotatable bonds is 6. The molecular weight excluding hydrogens is 414 g/mol. The summed E-state index contributed by atoms with van der Waals surface area (Å²) in [5.74, 6) is 2.69. The Bertz CT molecular complexity index is 1120. The zero-order chi connectivity index (χ0) is 22.9. The minimum absolute atomic E-state index is 0.106. The molecule has 2 atom stereocenters. The third-order valence-corrected chi connectivity index (χ3v) is 7.30. The number of amides is 1. The molecule has 1 aliphatic carbocycles. The Morgan fingerprint density at radius 3 is 2.64 bits per heavy atom. The fourth-order valence-electron chi connectivity index (χ4n) is 5.21. The molecular formula is C27H33N3O3. The molecule has 2 aliphatic rings. The van der Waals surface area contributed by atoms with Crippen molar-refractivity contribution < 1.29 is 14.3 Å². The Morgan fingerprint density at radius 2 is 1.85 bits per heavy atom. The van der Waals surface area contributed by atoms with Crippen molar-refractivity contribution in [2.45, 2.75) is 64.4 Å². The lowest BCUT2D eigenvalue weighted by Gasteiger charge is -2.29. The SMILES string of the molecule is COc1ccc([C@H]2CNC(=O)[C@H](Cc3nc4cc(C)c(C)cc4[nH]3)C2)cc1OC1CCCC1. The molecule has 2 N–H and O–H groups in total. The second-order valence-electron chi connectivity index (χ2n) is 9.65. The molecule has 2 fully saturated rings. The van der Waals surface area contributed by atoms with Gasteiger partial charge in [0.2, 0.25) is 5.91 Å². The van der Waals surface area contributed by atoms with E-state index in [-0.39, 0.29) is 23.8 Å². The summed E-state index contributed by atoms with van der Waals surface area (Å²) in [6.07, 6.45) is 6.32. The van der Waals surface area contributed by atoms with Crippen LogP contribution in [0.4, 0.5) is 0 Å². The number of carbonyl (C=O) groups excluding carboxylic acids is 1. The maximum absolute atomic E-state index is 12.7. The van der Waals surface area contributed by atoms with Crippen LogP contribution in [0.25, 0.3) is 11.0 Å². The average molecular weight is 448 g/mol. The van der Waals surface area contributed by atoms with E-state index in [9.17, 15) is 4.79 Å². The minimum Gasteiger partial charge on any atom is -0.493 e. The molecule has 0 radical (unpaired) electrons. The van der Waals surface area contributed by atoms with Crippen molar-refractivity contribution >= 4 is 16.9 Å². The molecule has 0 unspecified atom stereocenters. The van der Waals surface area contributed by atoms with Gasteiger partial charge in [-0.1, -0.05) is 6.07 Å². The van der Waals surface area contributed by atoms with Gasteiger partial charge in [-0.15, -0.1) is 0 Å². The molecule has 0 bridgehead atoms. The summed E-state index contributed by atoms with van der Waals surface area (Å²) in [5, 5.41) is 3.12. The third-order valence-electron chi connectivity index (χ3n) is 7.30. The number of carbonyl (C=O) groups is 1. The van der Waals surface area contributed by atoms with Crippen LogP contribution in [-0.2, 0) is 11.2 Å². The van der Waals surface area contributed by atoms with E-state index >= 15 is 0 Å². The molecule has 2 heterocycles. The van der Waals surface area contributed by atoms with Gasteiger partial charge < -0.3 is 19.8 Å². The molecule has 3 aromatic rings. The number of nitrogens with one attached hydrogen (secondary N) is 2. The highest BCUT2D eigenvalue weighted by atomic mass is 16.5. The summed E-state index contributed by atoms with van der Waals surface area (Å²) in [6.45, 7) is 4.85. The predicted octanol–water partition coefficient (Wildman–Crippen LogP) is 4.97. The summed E-state index contributed by atoms with van der Waals surface area (Å²) in [5.41, 5.74) is 5.65. The Labute approximate surface area is 195 Å². The first-order valence-electron chi connectivity index (χ1n) is 12.1. The van der Waals surface area contributed by atoms with Gasteiger partial charge in [0.05, 0.1) is 24.2 Å². The normalized spacial score (nSPS) is 21.4. The average Bonchev–Trinajstić information content (AvgIpc) is 3.45. The number of hydrogen-bond acceptors (Lipinski definition) is 4. The highest BCUT2D eigenvalue weighted by molar-refractivity contribution is 5.81. The van der Waals surface area contributed by atoms with Crippen molar-refractivity contribution in [3.8, 4) is 11.5 Å². The topological polar surface area (TPSA) is 76.2 Å². The van der Waals surface area contributed by atoms with Crippen molar-refractivity contribution in [2.24, 2.45) is 5.92 Å². The van der Waals surface area contributed by atoms with Gasteiger partial charge in [0.15, 0.2) is 11.5 Å². The Kier molecular flexibility index (Phi) is 6.00. The van der Waals surface area contributed by atoms with Gasteiger partial charge in [-0.05, 0) is 86.9 Å². The molecule has 33 heavy (non-hydrogen) atoms. The molecule has 5 rings (SSSR count). The molecule has 1 saturated carbocycles. The molecule has 2 aromatic carbocycles. The van der Waals surface area contributed by atoms with Crippen molar-refractivity contribution in [1.29, 1.82) is 0 Å². The molecule has 6 nitrogen and oxygen atoms in total. The summed E-state index contributed by atoms with van der Waals surface area (Å²) in [4.78, 5) is 20.9. The van der Waals surface area contributed by atoms with Crippen LogP contribution >= 0.6 is 0 Å². The molecule has 1 aliphatic heterocycles. The van der Waals surface area contributed by atoms with Crippen LogP contribution in [0.5, 0.6) is 11.5 Å². The van der Waals surface area contributed by atoms with Crippen LogP contribution in [0.15, 0.2) is 30.3 Å². The Morgan fingerprint density at radius 1 is 1.06 bits per heavy atom. The van der Waals surface area contributed by atoms with E-state index < -0.39 is 0 Å². The number of fused-ring (bicyclic) bond motifs is 1. The maximum Gasteiger partial charge on any atom is 0.223 e. The minimum atomic E-state index is -0.118. The van der Waals surface area contributed by atoms with Crippen molar-refractivity contribution in [2.75, 3.05) is 13.7 Å². The van der Waals surface area contributed by atoms with Crippen molar-refractivity contribution in [3.63, 3.8) is 0 Å². The standard InChI is InChI=1S/C27H33N3O3/c1-16-10-22-23(11-17(16)2)30-26(29-22)14-19-12-20(15-28-27(19)31)18-8-9-24(32-3)25(13-18)33-21-6-4-5-7-21/h8-11,13,19-21H,4-7,12,14-15H2,1-3H3,(H,28,31)(H,29,30)/t19-,20+/m0/s1. The smallest absolute Gasteiger partial charge is 0.223 e. The number of piperidine rings is 1. The number of methoxy groups -OCH3 is 1. The Hall–Kier alpha value is -3.02. The van der Waals surface area contributed by atoms with E-state index in [4.69, 9.17) is 14.5 Å². The summed E-state index contributed by atoms with van der Waals surface area (Å²) in [7, 11) is 1.68. The van der Waals surface area contributed by atoms with Gasteiger partial charge in [-0.25, -0.2) is 4.98 Å². The lowest BCUT2D eigenvalue weighted by Crippen LogP contribution is -2.41. The number of nitrogens with zero attached hydrogens (tertiary/aromatic N) is 1. The first kappa shape index (κ1) is 21.8.